The zero-order chi connectivity index (χ0) is 18.0. The van der Waals surface area contributed by atoms with Crippen LogP contribution in [0.15, 0.2) is 54.6 Å². The van der Waals surface area contributed by atoms with E-state index in [1.807, 2.05) is 68.4 Å². The van der Waals surface area contributed by atoms with Crippen molar-refractivity contribution in [2.75, 3.05) is 12.3 Å². The van der Waals surface area contributed by atoms with Crippen molar-refractivity contribution in [3.05, 3.63) is 67.1 Å². The predicted octanol–water partition coefficient (Wildman–Crippen LogP) is 5.98. The van der Waals surface area contributed by atoms with Crippen LogP contribution in [0.5, 0.6) is 5.75 Å². The van der Waals surface area contributed by atoms with Gasteiger partial charge < -0.3 is 10.5 Å². The summed E-state index contributed by atoms with van der Waals surface area (Å²) in [5.41, 5.74) is 7.19. The molecule has 0 unspecified atom stereocenters. The summed E-state index contributed by atoms with van der Waals surface area (Å²) in [5.74, 6) is 3.58. The molecule has 0 saturated carbocycles. The molecule has 0 aliphatic carbocycles. The number of nitrogen functional groups attached to an aromatic ring is 1. The van der Waals surface area contributed by atoms with Gasteiger partial charge in [0.05, 0.1) is 6.61 Å². The van der Waals surface area contributed by atoms with Gasteiger partial charge in [-0.15, -0.1) is 12.3 Å². The Kier molecular flexibility index (Phi) is 13.9. The largest absolute Gasteiger partial charge is 0.494 e. The van der Waals surface area contributed by atoms with Gasteiger partial charge in [-0.05, 0) is 56.0 Å². The molecule has 0 aliphatic heterocycles. The molecule has 0 atom stereocenters. The minimum Gasteiger partial charge on any atom is -0.494 e. The second kappa shape index (κ2) is 15.5. The van der Waals surface area contributed by atoms with Crippen LogP contribution in [0.3, 0.4) is 0 Å². The standard InChI is InChI=1S/C13H16O.C7H8N.C2H6.H2/c1-2-3-4-5-9-12-14-13-10-7-6-8-11-13;1-6-2-4-7(8)5-3-6;1-2;/h1,6-8,10-11H,3-5,9,12H2;2-5H,1,8H2;1-2H3;1H. The molecule has 2 N–H and O–H groups in total. The molecule has 24 heavy (non-hydrogen) atoms. The van der Waals surface area contributed by atoms with Crippen LogP contribution in [0.25, 0.3) is 0 Å². The summed E-state index contributed by atoms with van der Waals surface area (Å²) in [6.07, 6.45) is 9.37. The predicted molar refractivity (Wildman–Crippen MR) is 108 cm³/mol. The highest BCUT2D eigenvalue weighted by Gasteiger charge is 1.91. The lowest BCUT2D eigenvalue weighted by atomic mass is 10.2. The third-order valence-corrected chi connectivity index (χ3v) is 2.96. The second-order valence-corrected chi connectivity index (χ2v) is 4.92. The monoisotopic (exact) mass is 326 g/mol. The van der Waals surface area contributed by atoms with Gasteiger partial charge in [0.2, 0.25) is 0 Å². The van der Waals surface area contributed by atoms with E-state index in [4.69, 9.17) is 16.9 Å². The molecule has 0 aliphatic rings. The third kappa shape index (κ3) is 12.2. The Morgan fingerprint density at radius 2 is 1.62 bits per heavy atom. The number of hydrogen-bond acceptors (Lipinski definition) is 2. The molecule has 0 fully saturated rings. The van der Waals surface area contributed by atoms with Crippen molar-refractivity contribution in [2.45, 2.75) is 39.5 Å². The third-order valence-electron chi connectivity index (χ3n) is 2.96. The van der Waals surface area contributed by atoms with E-state index >= 15 is 0 Å². The maximum Gasteiger partial charge on any atom is 0.119 e. The van der Waals surface area contributed by atoms with E-state index < -0.39 is 0 Å². The van der Waals surface area contributed by atoms with Crippen LogP contribution in [0.2, 0.25) is 0 Å². The Morgan fingerprint density at radius 3 is 2.17 bits per heavy atom. The first-order valence-corrected chi connectivity index (χ1v) is 8.51. The summed E-state index contributed by atoms with van der Waals surface area (Å²) >= 11 is 0. The molecule has 2 heteroatoms. The lowest BCUT2D eigenvalue weighted by Gasteiger charge is -2.04. The topological polar surface area (TPSA) is 35.2 Å². The number of benzene rings is 2. The fourth-order valence-electron chi connectivity index (χ4n) is 1.73. The lowest BCUT2D eigenvalue weighted by molar-refractivity contribution is 0.305. The zero-order valence-electron chi connectivity index (χ0n) is 15.0. The van der Waals surface area contributed by atoms with E-state index in [0.717, 1.165) is 49.3 Å². The summed E-state index contributed by atoms with van der Waals surface area (Å²) in [7, 11) is 0. The van der Waals surface area contributed by atoms with Gasteiger partial charge in [0.25, 0.3) is 0 Å². The van der Waals surface area contributed by atoms with Crippen molar-refractivity contribution in [2.24, 2.45) is 0 Å². The van der Waals surface area contributed by atoms with E-state index in [2.05, 4.69) is 12.8 Å². The number of rotatable bonds is 6. The van der Waals surface area contributed by atoms with Gasteiger partial charge in [-0.25, -0.2) is 0 Å². The van der Waals surface area contributed by atoms with Crippen LogP contribution in [-0.2, 0) is 0 Å². The van der Waals surface area contributed by atoms with Gasteiger partial charge >= 0.3 is 0 Å². The molecule has 2 aromatic rings. The Bertz CT molecular complexity index is 525. The van der Waals surface area contributed by atoms with E-state index in [0.29, 0.717) is 0 Å². The fourth-order valence-corrected chi connectivity index (χ4v) is 1.73. The van der Waals surface area contributed by atoms with Crippen molar-refractivity contribution >= 4 is 5.69 Å². The molecule has 131 valence electrons. The quantitative estimate of drug-likeness (QED) is 0.402. The first kappa shape index (κ1) is 21.6. The average molecular weight is 327 g/mol. The zero-order valence-corrected chi connectivity index (χ0v) is 15.0. The van der Waals surface area contributed by atoms with Gasteiger partial charge in [-0.1, -0.05) is 44.2 Å². The molecule has 0 saturated heterocycles. The number of para-hydroxylation sites is 1. The van der Waals surface area contributed by atoms with Crippen molar-refractivity contribution in [1.29, 1.82) is 0 Å². The van der Waals surface area contributed by atoms with E-state index in [1.165, 1.54) is 0 Å². The van der Waals surface area contributed by atoms with E-state index in [9.17, 15) is 0 Å². The maximum absolute atomic E-state index is 5.53. The Labute approximate surface area is 149 Å². The van der Waals surface area contributed by atoms with Crippen LogP contribution < -0.4 is 10.5 Å². The molecule has 1 radical (unpaired) electrons. The first-order chi connectivity index (χ1) is 11.7. The number of nitrogens with two attached hydrogens (primary N) is 1. The molecule has 0 spiro atoms. The van der Waals surface area contributed by atoms with Crippen molar-refractivity contribution in [3.8, 4) is 18.1 Å². The molecule has 2 nitrogen and oxygen atoms in total. The maximum atomic E-state index is 5.53. The van der Waals surface area contributed by atoms with Gasteiger partial charge in [0.1, 0.15) is 5.75 Å². The summed E-state index contributed by atoms with van der Waals surface area (Å²) in [6.45, 7) is 8.49. The summed E-state index contributed by atoms with van der Waals surface area (Å²) in [6, 6.07) is 17.3. The molecular formula is C22H32NO. The molecule has 0 amide bonds. The smallest absolute Gasteiger partial charge is 0.119 e. The molecule has 0 aromatic heterocycles. The number of unbranched alkanes of at least 4 members (excludes halogenated alkanes) is 3. The van der Waals surface area contributed by atoms with Gasteiger partial charge in [-0.3, -0.25) is 0 Å². The van der Waals surface area contributed by atoms with Crippen LogP contribution >= 0.6 is 0 Å². The molecule has 0 heterocycles. The van der Waals surface area contributed by atoms with Crippen molar-refractivity contribution < 1.29 is 6.16 Å². The number of terminal acetylenes is 1. The minimum absolute atomic E-state index is 0. The fraction of sp³-hybridized carbons (Fsp3) is 0.318. The van der Waals surface area contributed by atoms with Gasteiger partial charge in [-0.2, -0.15) is 0 Å². The van der Waals surface area contributed by atoms with E-state index in [1.54, 1.807) is 0 Å². The highest BCUT2D eigenvalue weighted by atomic mass is 16.5. The van der Waals surface area contributed by atoms with Crippen molar-refractivity contribution in [1.82, 2.24) is 0 Å². The SMILES string of the molecule is C#CCCCCCOc1ccccc1.CC.[CH2]c1ccc(N)cc1.[HH]. The van der Waals surface area contributed by atoms with Crippen LogP contribution in [0.1, 0.15) is 46.5 Å². The van der Waals surface area contributed by atoms with Crippen LogP contribution in [0.4, 0.5) is 5.69 Å². The van der Waals surface area contributed by atoms with E-state index in [-0.39, 0.29) is 1.43 Å². The summed E-state index contributed by atoms with van der Waals surface area (Å²) < 4.78 is 5.53. The summed E-state index contributed by atoms with van der Waals surface area (Å²) in [4.78, 5) is 0. The Balaban J connectivity index is 0. The molecule has 2 rings (SSSR count). The normalized spacial score (nSPS) is 8.75. The number of hydrogen-bond donors (Lipinski definition) is 1. The Hall–Kier alpha value is -2.40. The Morgan fingerprint density at radius 1 is 1.00 bits per heavy atom. The average Bonchev–Trinajstić information content (AvgIpc) is 2.64. The van der Waals surface area contributed by atoms with Gasteiger partial charge in [0.15, 0.2) is 0 Å². The molecule has 0 bridgehead atoms. The van der Waals surface area contributed by atoms with Crippen molar-refractivity contribution in [3.63, 3.8) is 0 Å². The van der Waals surface area contributed by atoms with Crippen LogP contribution in [-0.4, -0.2) is 6.61 Å². The van der Waals surface area contributed by atoms with Gasteiger partial charge in [0, 0.05) is 13.5 Å². The second-order valence-electron chi connectivity index (χ2n) is 4.92. The van der Waals surface area contributed by atoms with Crippen LogP contribution in [0, 0.1) is 19.3 Å². The summed E-state index contributed by atoms with van der Waals surface area (Å²) in [5, 5.41) is 0. The molecular weight excluding hydrogens is 294 g/mol. The number of ether oxygens (including phenoxy) is 1. The highest BCUT2D eigenvalue weighted by Crippen LogP contribution is 2.09. The highest BCUT2D eigenvalue weighted by molar-refractivity contribution is 5.39. The number of anilines is 1. The minimum atomic E-state index is 0. The first-order valence-electron chi connectivity index (χ1n) is 8.51. The lowest BCUT2D eigenvalue weighted by Crippen LogP contribution is -1.96. The molecule has 2 aromatic carbocycles.